The summed E-state index contributed by atoms with van der Waals surface area (Å²) < 4.78 is 16.3. The van der Waals surface area contributed by atoms with Crippen molar-refractivity contribution >= 4 is 41.0 Å². The van der Waals surface area contributed by atoms with Gasteiger partial charge in [-0.2, -0.15) is 9.61 Å². The maximum absolute atomic E-state index is 14.7. The highest BCUT2D eigenvalue weighted by atomic mass is 19.1. The lowest BCUT2D eigenvalue weighted by atomic mass is 9.98. The van der Waals surface area contributed by atoms with Crippen molar-refractivity contribution in [2.24, 2.45) is 0 Å². The molecule has 5 N–H and O–H groups in total. The number of nitrogens with zero attached hydrogens (tertiary/aromatic N) is 3. The number of fused-ring (bicyclic) bond motifs is 1. The highest BCUT2D eigenvalue weighted by Crippen LogP contribution is 2.30. The van der Waals surface area contributed by atoms with Crippen molar-refractivity contribution in [3.63, 3.8) is 0 Å². The zero-order chi connectivity index (χ0) is 23.3. The van der Waals surface area contributed by atoms with Gasteiger partial charge in [0.2, 0.25) is 0 Å². The van der Waals surface area contributed by atoms with Crippen LogP contribution in [0.4, 0.5) is 26.5 Å². The average Bonchev–Trinajstić information content (AvgIpc) is 3.37. The number of nitrogens with one attached hydrogen (secondary N) is 4. The second kappa shape index (κ2) is 7.55. The van der Waals surface area contributed by atoms with Crippen LogP contribution in [0.25, 0.3) is 11.7 Å². The first-order chi connectivity index (χ1) is 15.7. The summed E-state index contributed by atoms with van der Waals surface area (Å²) in [5.74, 6) is -0.0585. The van der Waals surface area contributed by atoms with Crippen LogP contribution in [-0.2, 0) is 10.4 Å². The fraction of sp³-hybridized carbons (Fsp3) is 0.273. The van der Waals surface area contributed by atoms with Gasteiger partial charge < -0.3 is 21.1 Å². The Bertz CT molecular complexity index is 1320. The van der Waals surface area contributed by atoms with E-state index in [9.17, 15) is 19.1 Å². The summed E-state index contributed by atoms with van der Waals surface area (Å²) in [5, 5.41) is 25.4. The maximum atomic E-state index is 14.7. The highest BCUT2D eigenvalue weighted by molar-refractivity contribution is 6.14. The van der Waals surface area contributed by atoms with Gasteiger partial charge in [0.1, 0.15) is 23.1 Å². The number of hydrogen-bond donors (Lipinski definition) is 5. The lowest BCUT2D eigenvalue weighted by Gasteiger charge is -2.19. The number of halogens is 1. The molecule has 10 nitrogen and oxygen atoms in total. The number of imide groups is 1. The van der Waals surface area contributed by atoms with Gasteiger partial charge in [0.25, 0.3) is 5.91 Å². The molecule has 3 amide bonds. The topological polar surface area (TPSA) is 133 Å². The monoisotopic (exact) mass is 451 g/mol. The van der Waals surface area contributed by atoms with Gasteiger partial charge in [-0.1, -0.05) is 6.07 Å². The standard InChI is InChI=1S/C22H22FN7O3/c1-22(2,33)12-3-6-15(14(23)8-12)26-17-9-18(25-13-4-5-13)30-19(28-17)11(10-24-30)7-16-20(31)29-21(32)27-16/h3,6-10,13,25,33H,4-5H2,1-2H3,(H,26,28)(H2,27,29,31,32)/b16-7-. The number of urea groups is 1. The number of aliphatic hydroxyl groups is 1. The van der Waals surface area contributed by atoms with Crippen molar-refractivity contribution < 1.29 is 19.1 Å². The molecule has 1 aliphatic heterocycles. The van der Waals surface area contributed by atoms with Crippen molar-refractivity contribution in [2.45, 2.75) is 38.3 Å². The second-order valence-electron chi connectivity index (χ2n) is 8.63. The Hall–Kier alpha value is -3.99. The lowest BCUT2D eigenvalue weighted by molar-refractivity contribution is -0.115. The summed E-state index contributed by atoms with van der Waals surface area (Å²) in [6.07, 6.45) is 5.08. The van der Waals surface area contributed by atoms with Crippen LogP contribution < -0.4 is 21.3 Å². The van der Waals surface area contributed by atoms with Crippen LogP contribution >= 0.6 is 0 Å². The number of anilines is 3. The third-order valence-corrected chi connectivity index (χ3v) is 5.39. The Morgan fingerprint density at radius 1 is 1.24 bits per heavy atom. The predicted molar refractivity (Wildman–Crippen MR) is 119 cm³/mol. The molecule has 3 aromatic rings. The van der Waals surface area contributed by atoms with Crippen LogP contribution in [-0.4, -0.2) is 37.7 Å². The largest absolute Gasteiger partial charge is 0.386 e. The molecule has 0 atom stereocenters. The molecule has 5 rings (SSSR count). The van der Waals surface area contributed by atoms with Gasteiger partial charge in [0, 0.05) is 17.7 Å². The molecule has 0 radical (unpaired) electrons. The maximum Gasteiger partial charge on any atom is 0.326 e. The molecule has 0 bridgehead atoms. The molecule has 11 heteroatoms. The van der Waals surface area contributed by atoms with E-state index in [1.54, 1.807) is 36.6 Å². The van der Waals surface area contributed by atoms with Crippen molar-refractivity contribution in [2.75, 3.05) is 10.6 Å². The number of carbonyl (C=O) groups is 2. The second-order valence-corrected chi connectivity index (χ2v) is 8.63. The van der Waals surface area contributed by atoms with Crippen molar-refractivity contribution in [3.05, 3.63) is 53.1 Å². The predicted octanol–water partition coefficient (Wildman–Crippen LogP) is 2.59. The summed E-state index contributed by atoms with van der Waals surface area (Å²) in [7, 11) is 0. The van der Waals surface area contributed by atoms with E-state index in [0.717, 1.165) is 12.8 Å². The Balaban J connectivity index is 1.54. The number of carbonyl (C=O) groups excluding carboxylic acids is 2. The van der Waals surface area contributed by atoms with E-state index in [-0.39, 0.29) is 11.4 Å². The molecule has 2 aliphatic rings. The van der Waals surface area contributed by atoms with E-state index < -0.39 is 23.4 Å². The molecule has 2 aromatic heterocycles. The van der Waals surface area contributed by atoms with Crippen LogP contribution in [0.5, 0.6) is 0 Å². The molecule has 33 heavy (non-hydrogen) atoms. The average molecular weight is 451 g/mol. The summed E-state index contributed by atoms with van der Waals surface area (Å²) in [4.78, 5) is 27.9. The fourth-order valence-corrected chi connectivity index (χ4v) is 3.46. The number of amides is 3. The first kappa shape index (κ1) is 20.9. The third kappa shape index (κ3) is 4.22. The van der Waals surface area contributed by atoms with Crippen molar-refractivity contribution in [1.82, 2.24) is 25.2 Å². The van der Waals surface area contributed by atoms with Gasteiger partial charge in [-0.3, -0.25) is 10.1 Å². The van der Waals surface area contributed by atoms with Crippen LogP contribution in [0.1, 0.15) is 37.8 Å². The van der Waals surface area contributed by atoms with E-state index in [1.807, 2.05) is 0 Å². The molecule has 1 aromatic carbocycles. The molecule has 170 valence electrons. The summed E-state index contributed by atoms with van der Waals surface area (Å²) in [6, 6.07) is 5.91. The Kier molecular flexibility index (Phi) is 4.78. The summed E-state index contributed by atoms with van der Waals surface area (Å²) >= 11 is 0. The van der Waals surface area contributed by atoms with Crippen molar-refractivity contribution in [3.8, 4) is 0 Å². The zero-order valence-corrected chi connectivity index (χ0v) is 17.9. The van der Waals surface area contributed by atoms with Crippen LogP contribution in [0.15, 0.2) is 36.2 Å². The van der Waals surface area contributed by atoms with Gasteiger partial charge in [0.15, 0.2) is 5.65 Å². The van der Waals surface area contributed by atoms with Gasteiger partial charge in [-0.25, -0.2) is 14.2 Å². The van der Waals surface area contributed by atoms with Crippen LogP contribution in [0.2, 0.25) is 0 Å². The van der Waals surface area contributed by atoms with E-state index in [2.05, 4.69) is 31.3 Å². The Morgan fingerprint density at radius 2 is 2.03 bits per heavy atom. The molecule has 3 heterocycles. The SMILES string of the molecule is CC(C)(O)c1ccc(Nc2cc(NC3CC3)n3ncc(/C=C4\NC(=O)NC4=O)c3n2)c(F)c1. The number of rotatable bonds is 6. The highest BCUT2D eigenvalue weighted by Gasteiger charge is 2.25. The molecule has 0 spiro atoms. The molecule has 2 fully saturated rings. The lowest BCUT2D eigenvalue weighted by Crippen LogP contribution is -2.22. The van der Waals surface area contributed by atoms with Crippen LogP contribution in [0.3, 0.4) is 0 Å². The summed E-state index contributed by atoms with van der Waals surface area (Å²) in [5.41, 5.74) is 0.478. The van der Waals surface area contributed by atoms with Crippen LogP contribution in [0, 0.1) is 5.82 Å². The Labute approximate surface area is 187 Å². The number of benzene rings is 1. The molecule has 0 unspecified atom stereocenters. The van der Waals surface area contributed by atoms with E-state index in [4.69, 9.17) is 0 Å². The van der Waals surface area contributed by atoms with E-state index in [1.165, 1.54) is 18.3 Å². The van der Waals surface area contributed by atoms with Crippen molar-refractivity contribution in [1.29, 1.82) is 0 Å². The normalized spacial score (nSPS) is 17.4. The van der Waals surface area contributed by atoms with Gasteiger partial charge in [-0.15, -0.1) is 0 Å². The minimum atomic E-state index is -1.17. The summed E-state index contributed by atoms with van der Waals surface area (Å²) in [6.45, 7) is 3.17. The number of hydrogen-bond acceptors (Lipinski definition) is 7. The van der Waals surface area contributed by atoms with E-state index >= 15 is 0 Å². The molecule has 1 aliphatic carbocycles. The molecule has 1 saturated carbocycles. The molecule has 1 saturated heterocycles. The molecular weight excluding hydrogens is 429 g/mol. The fourth-order valence-electron chi connectivity index (χ4n) is 3.46. The van der Waals surface area contributed by atoms with Gasteiger partial charge in [-0.05, 0) is 50.5 Å². The quantitative estimate of drug-likeness (QED) is 0.287. The third-order valence-electron chi connectivity index (χ3n) is 5.39. The first-order valence-electron chi connectivity index (χ1n) is 10.5. The first-order valence-corrected chi connectivity index (χ1v) is 10.5. The Morgan fingerprint density at radius 3 is 2.67 bits per heavy atom. The van der Waals surface area contributed by atoms with Gasteiger partial charge in [0.05, 0.1) is 17.5 Å². The molecular formula is C22H22FN7O3. The number of aromatic nitrogens is 3. The zero-order valence-electron chi connectivity index (χ0n) is 17.9. The van der Waals surface area contributed by atoms with E-state index in [0.29, 0.717) is 34.5 Å². The minimum absolute atomic E-state index is 0.0833. The van der Waals surface area contributed by atoms with Gasteiger partial charge >= 0.3 is 6.03 Å². The smallest absolute Gasteiger partial charge is 0.326 e. The minimum Gasteiger partial charge on any atom is -0.386 e.